The highest BCUT2D eigenvalue weighted by molar-refractivity contribution is 6.15. The molecule has 2 unspecified atom stereocenters. The Morgan fingerprint density at radius 1 is 0.500 bits per heavy atom. The van der Waals surface area contributed by atoms with E-state index in [4.69, 9.17) is 38.1 Å². The highest BCUT2D eigenvalue weighted by Gasteiger charge is 2.37. The molecule has 2 fully saturated rings. The number of oxime groups is 2. The van der Waals surface area contributed by atoms with Crippen molar-refractivity contribution in [3.05, 3.63) is 104 Å². The van der Waals surface area contributed by atoms with E-state index < -0.39 is 32.9 Å². The maximum atomic E-state index is 13.2. The van der Waals surface area contributed by atoms with Crippen LogP contribution in [0.25, 0.3) is 43.6 Å². The molecule has 0 spiro atoms. The molecule has 486 valence electrons. The number of nitrogens with zero attached hydrogens (tertiary/aromatic N) is 8. The van der Waals surface area contributed by atoms with Crippen molar-refractivity contribution in [1.82, 2.24) is 18.9 Å². The van der Waals surface area contributed by atoms with Gasteiger partial charge in [0.1, 0.15) is 23.6 Å². The fraction of sp³-hybridized carbons (Fsp3) is 0.545. The maximum Gasteiger partial charge on any atom is 0.335 e. The summed E-state index contributed by atoms with van der Waals surface area (Å²) in [6.45, 7) is 17.9. The van der Waals surface area contributed by atoms with Gasteiger partial charge in [-0.15, -0.1) is 0 Å². The number of nitro groups is 2. The van der Waals surface area contributed by atoms with Crippen LogP contribution in [-0.4, -0.2) is 167 Å². The molecular formula is C66H86N8O16. The normalized spacial score (nSPS) is 15.6. The lowest BCUT2D eigenvalue weighted by molar-refractivity contribution is -0.384. The molecule has 0 saturated carbocycles. The van der Waals surface area contributed by atoms with Crippen LogP contribution in [0, 0.1) is 20.2 Å². The Kier molecular flexibility index (Phi) is 24.1. The van der Waals surface area contributed by atoms with Gasteiger partial charge in [-0.05, 0) is 116 Å². The molecule has 24 heteroatoms. The van der Waals surface area contributed by atoms with Crippen molar-refractivity contribution in [2.75, 3.05) is 80.0 Å². The van der Waals surface area contributed by atoms with Gasteiger partial charge < -0.3 is 47.2 Å². The van der Waals surface area contributed by atoms with E-state index >= 15 is 0 Å². The zero-order valence-corrected chi connectivity index (χ0v) is 53.2. The van der Waals surface area contributed by atoms with Crippen LogP contribution in [0.15, 0.2) is 83.1 Å². The molecule has 0 aliphatic carbocycles. The number of nitro benzene ring substituents is 2. The van der Waals surface area contributed by atoms with Gasteiger partial charge in [0.15, 0.2) is 0 Å². The Morgan fingerprint density at radius 3 is 1.18 bits per heavy atom. The zero-order valence-electron chi connectivity index (χ0n) is 53.2. The number of aromatic nitrogens is 2. The molecular weight excluding hydrogens is 1160 g/mol. The quantitative estimate of drug-likeness (QED) is 0.00925. The Hall–Kier alpha value is -7.74. The summed E-state index contributed by atoms with van der Waals surface area (Å²) < 4.78 is 36.5. The Balaban J connectivity index is 0.994. The van der Waals surface area contributed by atoms with Gasteiger partial charge in [0, 0.05) is 158 Å². The highest BCUT2D eigenvalue weighted by Crippen LogP contribution is 2.37. The number of morpholine rings is 2. The number of rotatable bonds is 33. The van der Waals surface area contributed by atoms with Gasteiger partial charge in [-0.25, -0.2) is 9.59 Å². The van der Waals surface area contributed by atoms with Crippen LogP contribution in [-0.2, 0) is 70.4 Å². The predicted molar refractivity (Wildman–Crippen MR) is 341 cm³/mol. The van der Waals surface area contributed by atoms with E-state index in [0.29, 0.717) is 125 Å². The molecule has 0 bridgehead atoms. The summed E-state index contributed by atoms with van der Waals surface area (Å²) in [5.74, 6) is -1.83. The van der Waals surface area contributed by atoms with Crippen LogP contribution in [0.5, 0.6) is 0 Å². The van der Waals surface area contributed by atoms with Gasteiger partial charge in [0.25, 0.3) is 11.4 Å². The van der Waals surface area contributed by atoms with Crippen molar-refractivity contribution in [2.24, 2.45) is 10.3 Å². The number of non-ortho nitro benzene ring substituents is 2. The standard InChI is InChI=1S/C66H86N8O16/c1-45(43-83-7)87-59(75)17-11-13-19-61(77)89-67-63(65(3,4)69-31-35-85-36-32-69)47-21-25-55-51(39-47)53-41-49(73(79)80)23-27-57(53)71(55)29-15-9-10-16-30-72-56-26-22-48(40-52(56)54-42-50(74(81)82)24-28-58(54)72)64(66(5,6)70-33-37-86-38-34-70)68-90-62(78)20-14-12-18-60(76)88-46(2)44-84-8/h21-28,39-42,45-46H,9-20,29-38,43-44H2,1-8H3/b67-63-,68-64-. The third kappa shape index (κ3) is 17.2. The third-order valence-corrected chi connectivity index (χ3v) is 16.9. The first-order chi connectivity index (χ1) is 43.2. The van der Waals surface area contributed by atoms with E-state index in [9.17, 15) is 39.4 Å². The molecule has 2 aromatic heterocycles. The molecule has 0 N–H and O–H groups in total. The number of aryl methyl sites for hydroxylation is 2. The molecule has 6 aromatic rings. The maximum absolute atomic E-state index is 13.2. The summed E-state index contributed by atoms with van der Waals surface area (Å²) in [7, 11) is 3.07. The Morgan fingerprint density at radius 2 is 0.833 bits per heavy atom. The third-order valence-electron chi connectivity index (χ3n) is 16.9. The van der Waals surface area contributed by atoms with Crippen molar-refractivity contribution in [3.63, 3.8) is 0 Å². The number of carbonyl (C=O) groups excluding carboxylic acids is 4. The first kappa shape index (κ1) is 68.2. The van der Waals surface area contributed by atoms with Gasteiger partial charge in [-0.2, -0.15) is 0 Å². The van der Waals surface area contributed by atoms with Crippen LogP contribution in [0.3, 0.4) is 0 Å². The Bertz CT molecular complexity index is 3350. The number of fused-ring (bicyclic) bond motifs is 6. The fourth-order valence-corrected chi connectivity index (χ4v) is 12.1. The topological polar surface area (TPSA) is 269 Å². The minimum absolute atomic E-state index is 0.0386. The summed E-state index contributed by atoms with van der Waals surface area (Å²) in [5, 5.41) is 36.6. The SMILES string of the molecule is COCC(C)OC(=O)CCCCC(=O)O/N=C(/c1ccc2c(c1)c1cc([N+](=O)[O-])ccc1n2CCCCCCn1c2ccc(/C(=N/OC(=O)CCCCC(=O)OC(C)COC)C(C)(C)N3CCOCC3)cc2c2cc([N+](=O)[O-])ccc21)C(C)(C)N1CCOCC1. The largest absolute Gasteiger partial charge is 0.460 e. The molecule has 8 rings (SSSR count). The van der Waals surface area contributed by atoms with E-state index in [1.54, 1.807) is 38.1 Å². The number of carbonyl (C=O) groups is 4. The Labute approximate surface area is 523 Å². The lowest BCUT2D eigenvalue weighted by Gasteiger charge is -2.41. The average molecular weight is 1250 g/mol. The minimum Gasteiger partial charge on any atom is -0.460 e. The van der Waals surface area contributed by atoms with E-state index in [0.717, 1.165) is 58.5 Å². The van der Waals surface area contributed by atoms with Gasteiger partial charge >= 0.3 is 23.9 Å². The van der Waals surface area contributed by atoms with Crippen molar-refractivity contribution in [2.45, 2.75) is 155 Å². The zero-order chi connectivity index (χ0) is 64.5. The van der Waals surface area contributed by atoms with Crippen LogP contribution in [0.4, 0.5) is 11.4 Å². The molecule has 4 aromatic carbocycles. The monoisotopic (exact) mass is 1250 g/mol. The van der Waals surface area contributed by atoms with Crippen molar-refractivity contribution >= 4 is 90.3 Å². The highest BCUT2D eigenvalue weighted by atomic mass is 16.7. The number of methoxy groups -OCH3 is 2. The number of hydrogen-bond donors (Lipinski definition) is 0. The van der Waals surface area contributed by atoms with Gasteiger partial charge in [-0.1, -0.05) is 35.3 Å². The minimum atomic E-state index is -0.742. The summed E-state index contributed by atoms with van der Waals surface area (Å²) in [6.07, 6.45) is 4.54. The molecule has 2 atom stereocenters. The molecule has 0 amide bonds. The molecule has 24 nitrogen and oxygen atoms in total. The number of ether oxygens (including phenoxy) is 6. The summed E-state index contributed by atoms with van der Waals surface area (Å²) >= 11 is 0. The summed E-state index contributed by atoms with van der Waals surface area (Å²) in [5.41, 5.74) is 4.22. The number of unbranched alkanes of at least 4 members (excludes halogenated alkanes) is 5. The van der Waals surface area contributed by atoms with Crippen LogP contribution in [0.1, 0.15) is 130 Å². The van der Waals surface area contributed by atoms with Crippen molar-refractivity contribution < 1.29 is 67.1 Å². The molecule has 0 radical (unpaired) electrons. The molecule has 4 heterocycles. The summed E-state index contributed by atoms with van der Waals surface area (Å²) in [4.78, 5) is 90.5. The lowest BCUT2D eigenvalue weighted by Crippen LogP contribution is -2.54. The predicted octanol–water partition coefficient (Wildman–Crippen LogP) is 11.0. The van der Waals surface area contributed by atoms with Crippen LogP contribution < -0.4 is 0 Å². The average Bonchev–Trinajstić information content (AvgIpc) is 1.58. The van der Waals surface area contributed by atoms with Gasteiger partial charge in [0.05, 0.1) is 60.6 Å². The van der Waals surface area contributed by atoms with Crippen molar-refractivity contribution in [1.29, 1.82) is 0 Å². The first-order valence-electron chi connectivity index (χ1n) is 31.2. The van der Waals surface area contributed by atoms with Crippen LogP contribution in [0.2, 0.25) is 0 Å². The van der Waals surface area contributed by atoms with E-state index in [1.807, 2.05) is 64.1 Å². The van der Waals surface area contributed by atoms with Gasteiger partial charge in [-0.3, -0.25) is 39.6 Å². The second-order valence-electron chi connectivity index (χ2n) is 24.1. The van der Waals surface area contributed by atoms with E-state index in [2.05, 4.69) is 29.2 Å². The lowest BCUT2D eigenvalue weighted by atomic mass is 9.89. The van der Waals surface area contributed by atoms with Crippen LogP contribution >= 0.6 is 0 Å². The molecule has 2 aliphatic rings. The fourth-order valence-electron chi connectivity index (χ4n) is 12.1. The second kappa shape index (κ2) is 31.8. The second-order valence-corrected chi connectivity index (χ2v) is 24.1. The van der Waals surface area contributed by atoms with Gasteiger partial charge in [0.2, 0.25) is 0 Å². The summed E-state index contributed by atoms with van der Waals surface area (Å²) in [6, 6.07) is 21.7. The number of benzene rings is 4. The van der Waals surface area contributed by atoms with E-state index in [-0.39, 0.29) is 74.4 Å². The molecule has 90 heavy (non-hydrogen) atoms. The number of esters is 2. The smallest absolute Gasteiger partial charge is 0.335 e. The first-order valence-corrected chi connectivity index (χ1v) is 31.2. The number of hydrogen-bond acceptors (Lipinski definition) is 20. The van der Waals surface area contributed by atoms with Crippen molar-refractivity contribution in [3.8, 4) is 0 Å². The molecule has 2 aliphatic heterocycles. The van der Waals surface area contributed by atoms with E-state index in [1.165, 1.54) is 26.4 Å². The molecule has 2 saturated heterocycles.